The number of hydrogen-bond donors (Lipinski definition) is 0. The van der Waals surface area contributed by atoms with Crippen molar-refractivity contribution in [2.75, 3.05) is 4.90 Å². The van der Waals surface area contributed by atoms with Crippen molar-refractivity contribution in [3.63, 3.8) is 0 Å². The molecule has 0 N–H and O–H groups in total. The highest BCUT2D eigenvalue weighted by Crippen LogP contribution is 2.43. The highest BCUT2D eigenvalue weighted by molar-refractivity contribution is 6.11. The van der Waals surface area contributed by atoms with Gasteiger partial charge in [-0.05, 0) is 110 Å². The van der Waals surface area contributed by atoms with Crippen LogP contribution in [0.3, 0.4) is 0 Å². The molecule has 0 saturated carbocycles. The van der Waals surface area contributed by atoms with Crippen LogP contribution in [0.1, 0.15) is 0 Å². The van der Waals surface area contributed by atoms with Gasteiger partial charge in [0.1, 0.15) is 11.2 Å². The van der Waals surface area contributed by atoms with Gasteiger partial charge in [0.15, 0.2) is 0 Å². The second kappa shape index (κ2) is 13.4. The van der Waals surface area contributed by atoms with E-state index in [-0.39, 0.29) is 0 Å². The molecule has 0 atom stereocenters. The Kier molecular flexibility index (Phi) is 7.85. The average Bonchev–Trinajstić information content (AvgIpc) is 3.61. The van der Waals surface area contributed by atoms with E-state index in [1.807, 2.05) is 0 Å². The lowest BCUT2D eigenvalue weighted by atomic mass is 9.98. The Labute approximate surface area is 314 Å². The van der Waals surface area contributed by atoms with E-state index in [9.17, 15) is 0 Å². The van der Waals surface area contributed by atoms with Crippen LogP contribution in [0, 0.1) is 0 Å². The number of nitrogens with zero attached hydrogens (tertiary/aromatic N) is 1. The predicted octanol–water partition coefficient (Wildman–Crippen LogP) is 14.9. The van der Waals surface area contributed by atoms with Crippen LogP contribution in [0.25, 0.3) is 77.2 Å². The van der Waals surface area contributed by atoms with Gasteiger partial charge >= 0.3 is 0 Å². The first-order valence-corrected chi connectivity index (χ1v) is 18.4. The van der Waals surface area contributed by atoms with Crippen molar-refractivity contribution < 1.29 is 4.42 Å². The maximum Gasteiger partial charge on any atom is 0.136 e. The Bertz CT molecular complexity index is 2910. The van der Waals surface area contributed by atoms with E-state index in [1.165, 1.54) is 44.2 Å². The van der Waals surface area contributed by atoms with Crippen molar-refractivity contribution in [2.45, 2.75) is 0 Å². The molecule has 0 radical (unpaired) electrons. The van der Waals surface area contributed by atoms with Crippen LogP contribution in [-0.2, 0) is 0 Å². The summed E-state index contributed by atoms with van der Waals surface area (Å²) in [5.74, 6) is 0. The fourth-order valence-corrected chi connectivity index (χ4v) is 7.72. The van der Waals surface area contributed by atoms with Crippen molar-refractivity contribution in [2.24, 2.45) is 0 Å². The first kappa shape index (κ1) is 31.6. The lowest BCUT2D eigenvalue weighted by Gasteiger charge is -2.28. The molecule has 54 heavy (non-hydrogen) atoms. The zero-order chi connectivity index (χ0) is 35.8. The summed E-state index contributed by atoms with van der Waals surface area (Å²) in [7, 11) is 0. The number of furan rings is 1. The van der Waals surface area contributed by atoms with Crippen molar-refractivity contribution in [3.8, 4) is 44.5 Å². The molecular weight excluding hydrogens is 655 g/mol. The van der Waals surface area contributed by atoms with Crippen molar-refractivity contribution in [3.05, 3.63) is 212 Å². The van der Waals surface area contributed by atoms with E-state index in [0.717, 1.165) is 50.1 Å². The van der Waals surface area contributed by atoms with Gasteiger partial charge in [0.2, 0.25) is 0 Å². The van der Waals surface area contributed by atoms with Crippen LogP contribution in [0.15, 0.2) is 217 Å². The Morgan fingerprint density at radius 1 is 0.296 bits per heavy atom. The molecule has 1 aromatic heterocycles. The van der Waals surface area contributed by atoms with Crippen LogP contribution in [0.2, 0.25) is 0 Å². The first-order valence-electron chi connectivity index (χ1n) is 18.4. The fourth-order valence-electron chi connectivity index (χ4n) is 7.72. The summed E-state index contributed by atoms with van der Waals surface area (Å²) in [6, 6.07) is 75.9. The number of fused-ring (bicyclic) bond motifs is 4. The van der Waals surface area contributed by atoms with E-state index >= 15 is 0 Å². The molecule has 10 aromatic rings. The van der Waals surface area contributed by atoms with E-state index < -0.39 is 0 Å². The monoisotopic (exact) mass is 689 g/mol. The number of hydrogen-bond acceptors (Lipinski definition) is 2. The van der Waals surface area contributed by atoms with Gasteiger partial charge in [-0.15, -0.1) is 0 Å². The number of para-hydroxylation sites is 1. The summed E-state index contributed by atoms with van der Waals surface area (Å²) >= 11 is 0. The van der Waals surface area contributed by atoms with E-state index in [4.69, 9.17) is 4.42 Å². The van der Waals surface area contributed by atoms with Crippen LogP contribution >= 0.6 is 0 Å². The highest BCUT2D eigenvalue weighted by atomic mass is 16.3. The van der Waals surface area contributed by atoms with Gasteiger partial charge in [0.25, 0.3) is 0 Å². The van der Waals surface area contributed by atoms with Gasteiger partial charge in [0, 0.05) is 27.7 Å². The van der Waals surface area contributed by atoms with Gasteiger partial charge in [-0.3, -0.25) is 0 Å². The zero-order valence-electron chi connectivity index (χ0n) is 29.6. The van der Waals surface area contributed by atoms with Crippen molar-refractivity contribution >= 4 is 49.8 Å². The van der Waals surface area contributed by atoms with E-state index in [1.54, 1.807) is 0 Å². The minimum Gasteiger partial charge on any atom is -0.456 e. The maximum absolute atomic E-state index is 6.53. The normalized spacial score (nSPS) is 11.3. The molecule has 1 heterocycles. The lowest BCUT2D eigenvalue weighted by molar-refractivity contribution is 0.669. The quantitative estimate of drug-likeness (QED) is 0.166. The van der Waals surface area contributed by atoms with Gasteiger partial charge < -0.3 is 9.32 Å². The molecule has 0 fully saturated rings. The maximum atomic E-state index is 6.53. The molecule has 10 rings (SSSR count). The summed E-state index contributed by atoms with van der Waals surface area (Å²) < 4.78 is 6.53. The summed E-state index contributed by atoms with van der Waals surface area (Å²) in [5.41, 5.74) is 14.4. The number of rotatable bonds is 7. The number of benzene rings is 9. The minimum atomic E-state index is 0.883. The van der Waals surface area contributed by atoms with Gasteiger partial charge in [-0.2, -0.15) is 0 Å². The summed E-state index contributed by atoms with van der Waals surface area (Å²) in [5, 5.41) is 4.65. The van der Waals surface area contributed by atoms with E-state index in [2.05, 4.69) is 217 Å². The molecule has 2 nitrogen and oxygen atoms in total. The summed E-state index contributed by atoms with van der Waals surface area (Å²) in [4.78, 5) is 2.36. The molecule has 9 aromatic carbocycles. The van der Waals surface area contributed by atoms with Crippen LogP contribution in [0.5, 0.6) is 0 Å². The Balaban J connectivity index is 1.08. The molecule has 0 aliphatic heterocycles. The highest BCUT2D eigenvalue weighted by Gasteiger charge is 2.19. The molecular formula is C52H35NO. The van der Waals surface area contributed by atoms with E-state index in [0.29, 0.717) is 0 Å². The molecule has 0 amide bonds. The van der Waals surface area contributed by atoms with Crippen molar-refractivity contribution in [1.29, 1.82) is 0 Å². The third-order valence-electron chi connectivity index (χ3n) is 10.5. The largest absolute Gasteiger partial charge is 0.456 e. The summed E-state index contributed by atoms with van der Waals surface area (Å²) in [6.45, 7) is 0. The molecule has 0 aliphatic rings. The van der Waals surface area contributed by atoms with Gasteiger partial charge in [-0.1, -0.05) is 152 Å². The molecule has 0 bridgehead atoms. The SMILES string of the molecule is c1ccc(-c2ccc(N(c3ccc(-c4cccc(-c5ccccc5)c4)cc3)c3ccccc3-c3ccc4c(c3)oc3cc5ccccc5cc34)cc2)cc1. The minimum absolute atomic E-state index is 0.883. The van der Waals surface area contributed by atoms with Gasteiger partial charge in [-0.25, -0.2) is 0 Å². The Morgan fingerprint density at radius 2 is 0.778 bits per heavy atom. The van der Waals surface area contributed by atoms with Crippen molar-refractivity contribution in [1.82, 2.24) is 0 Å². The smallest absolute Gasteiger partial charge is 0.136 e. The van der Waals surface area contributed by atoms with Crippen LogP contribution < -0.4 is 4.90 Å². The second-order valence-electron chi connectivity index (χ2n) is 13.8. The molecule has 0 aliphatic carbocycles. The third kappa shape index (κ3) is 5.81. The lowest BCUT2D eigenvalue weighted by Crippen LogP contribution is -2.11. The zero-order valence-corrected chi connectivity index (χ0v) is 29.6. The topological polar surface area (TPSA) is 16.4 Å². The summed E-state index contributed by atoms with van der Waals surface area (Å²) in [6.07, 6.45) is 0. The molecule has 2 heteroatoms. The third-order valence-corrected chi connectivity index (χ3v) is 10.5. The Hall–Kier alpha value is -7.16. The average molecular weight is 690 g/mol. The van der Waals surface area contributed by atoms with Crippen LogP contribution in [0.4, 0.5) is 17.1 Å². The Morgan fingerprint density at radius 3 is 1.44 bits per heavy atom. The molecule has 0 unspecified atom stereocenters. The van der Waals surface area contributed by atoms with Crippen LogP contribution in [-0.4, -0.2) is 0 Å². The standard InChI is InChI=1S/C52H35NO/c1-3-12-36(13-4-1)38-22-27-45(28-23-38)53(46-29-24-39(25-30-46)41-19-11-18-40(32-41)37-14-5-2-6-15-37)50-21-10-9-20-47(50)44-26-31-48-49-33-42-16-7-8-17-43(42)34-52(49)54-51(48)35-44/h1-35H. The molecule has 0 saturated heterocycles. The second-order valence-corrected chi connectivity index (χ2v) is 13.8. The molecule has 0 spiro atoms. The fraction of sp³-hybridized carbons (Fsp3) is 0. The molecule has 254 valence electrons. The predicted molar refractivity (Wildman–Crippen MR) is 228 cm³/mol. The van der Waals surface area contributed by atoms with Gasteiger partial charge in [0.05, 0.1) is 5.69 Å². The number of anilines is 3. The first-order chi connectivity index (χ1) is 26.7.